The lowest BCUT2D eigenvalue weighted by atomic mass is 10.4. The van der Waals surface area contributed by atoms with Crippen LogP contribution >= 0.6 is 0 Å². The number of nitrogens with one attached hydrogen (secondary N) is 2. The minimum atomic E-state index is -0.428. The molecular weight excluding hydrogens is 133 g/mol. The molecule has 0 saturated carbocycles. The van der Waals surface area contributed by atoms with Gasteiger partial charge >= 0.3 is 0 Å². The van der Waals surface area contributed by atoms with Crippen LogP contribution in [0.4, 0.5) is 4.39 Å². The summed E-state index contributed by atoms with van der Waals surface area (Å²) in [4.78, 5) is 0. The molecule has 0 aliphatic carbocycles. The van der Waals surface area contributed by atoms with Crippen LogP contribution < -0.4 is 11.1 Å². The van der Waals surface area contributed by atoms with Crippen molar-refractivity contribution >= 4 is 6.21 Å². The monoisotopic (exact) mass is 145 g/mol. The van der Waals surface area contributed by atoms with Crippen molar-refractivity contribution in [3.8, 4) is 0 Å². The third kappa shape index (κ3) is 3.06. The van der Waals surface area contributed by atoms with E-state index in [0.29, 0.717) is 11.4 Å². The van der Waals surface area contributed by atoms with Crippen LogP contribution in [0.3, 0.4) is 0 Å². The summed E-state index contributed by atoms with van der Waals surface area (Å²) in [6.45, 7) is 1.53. The fourth-order valence-electron chi connectivity index (χ4n) is 0.445. The van der Waals surface area contributed by atoms with E-state index in [1.165, 1.54) is 0 Å². The van der Waals surface area contributed by atoms with Gasteiger partial charge in [-0.2, -0.15) is 0 Å². The maximum atomic E-state index is 11.5. The zero-order valence-corrected chi connectivity index (χ0v) is 5.95. The van der Waals surface area contributed by atoms with Gasteiger partial charge in [0.15, 0.2) is 0 Å². The normalized spacial score (nSPS) is 12.2. The maximum Gasteiger partial charge on any atom is 0.107 e. The molecule has 0 aromatic rings. The van der Waals surface area contributed by atoms with Crippen molar-refractivity contribution in [2.75, 3.05) is 13.2 Å². The van der Waals surface area contributed by atoms with E-state index in [1.54, 1.807) is 6.92 Å². The van der Waals surface area contributed by atoms with E-state index in [2.05, 4.69) is 5.32 Å². The van der Waals surface area contributed by atoms with E-state index in [1.807, 2.05) is 0 Å². The molecule has 0 rings (SSSR count). The Labute approximate surface area is 59.6 Å². The molecule has 0 heterocycles. The Balaban J connectivity index is 3.79. The van der Waals surface area contributed by atoms with Crippen LogP contribution in [-0.4, -0.2) is 19.4 Å². The Bertz CT molecular complexity index is 142. The maximum absolute atomic E-state index is 11.5. The van der Waals surface area contributed by atoms with Gasteiger partial charge in [0.25, 0.3) is 0 Å². The Hall–Kier alpha value is -1.06. The molecule has 0 aromatic carbocycles. The molecule has 0 amide bonds. The summed E-state index contributed by atoms with van der Waals surface area (Å²) in [5.74, 6) is 0. The first-order chi connectivity index (χ1) is 4.72. The van der Waals surface area contributed by atoms with E-state index in [9.17, 15) is 4.39 Å². The number of allylic oxidation sites excluding steroid dienone is 2. The average molecular weight is 145 g/mol. The SMILES string of the molecule is C/C(NCCF)=C(\N)C=N. The van der Waals surface area contributed by atoms with Gasteiger partial charge in [0.1, 0.15) is 6.67 Å². The quantitative estimate of drug-likeness (QED) is 0.501. The topological polar surface area (TPSA) is 61.9 Å². The van der Waals surface area contributed by atoms with Crippen molar-refractivity contribution in [3.05, 3.63) is 11.4 Å². The zero-order chi connectivity index (χ0) is 7.98. The first kappa shape index (κ1) is 8.94. The minimum absolute atomic E-state index is 0.250. The highest BCUT2D eigenvalue weighted by Crippen LogP contribution is 1.88. The summed E-state index contributed by atoms with van der Waals surface area (Å²) in [5.41, 5.74) is 6.30. The second kappa shape index (κ2) is 4.78. The van der Waals surface area contributed by atoms with Gasteiger partial charge in [0.05, 0.1) is 5.70 Å². The van der Waals surface area contributed by atoms with Crippen LogP contribution in [0.5, 0.6) is 0 Å². The third-order valence-corrected chi connectivity index (χ3v) is 1.07. The van der Waals surface area contributed by atoms with Gasteiger partial charge in [0.2, 0.25) is 0 Å². The molecular formula is C6H12FN3. The molecule has 0 radical (unpaired) electrons. The van der Waals surface area contributed by atoms with Crippen molar-refractivity contribution in [1.29, 1.82) is 5.41 Å². The highest BCUT2D eigenvalue weighted by atomic mass is 19.1. The lowest BCUT2D eigenvalue weighted by Crippen LogP contribution is -2.19. The van der Waals surface area contributed by atoms with Gasteiger partial charge in [0, 0.05) is 18.5 Å². The second-order valence-electron chi connectivity index (χ2n) is 1.84. The molecule has 58 valence electrons. The molecule has 0 saturated heterocycles. The smallest absolute Gasteiger partial charge is 0.107 e. The fourth-order valence-corrected chi connectivity index (χ4v) is 0.445. The third-order valence-electron chi connectivity index (χ3n) is 1.07. The van der Waals surface area contributed by atoms with Crippen molar-refractivity contribution in [3.63, 3.8) is 0 Å². The minimum Gasteiger partial charge on any atom is -0.396 e. The lowest BCUT2D eigenvalue weighted by Gasteiger charge is -2.04. The van der Waals surface area contributed by atoms with E-state index >= 15 is 0 Å². The van der Waals surface area contributed by atoms with Gasteiger partial charge in [-0.05, 0) is 6.92 Å². The number of nitrogens with two attached hydrogens (primary N) is 1. The molecule has 4 N–H and O–H groups in total. The molecule has 0 spiro atoms. The highest BCUT2D eigenvalue weighted by Gasteiger charge is 1.91. The molecule has 3 nitrogen and oxygen atoms in total. The van der Waals surface area contributed by atoms with E-state index in [0.717, 1.165) is 6.21 Å². The largest absolute Gasteiger partial charge is 0.396 e. The van der Waals surface area contributed by atoms with Gasteiger partial charge in [-0.15, -0.1) is 0 Å². The van der Waals surface area contributed by atoms with Crippen molar-refractivity contribution in [2.24, 2.45) is 5.73 Å². The number of hydrogen-bond donors (Lipinski definition) is 3. The van der Waals surface area contributed by atoms with Crippen LogP contribution in [0.25, 0.3) is 0 Å². The molecule has 0 fully saturated rings. The Morgan fingerprint density at radius 2 is 2.40 bits per heavy atom. The first-order valence-corrected chi connectivity index (χ1v) is 2.99. The highest BCUT2D eigenvalue weighted by molar-refractivity contribution is 5.75. The van der Waals surface area contributed by atoms with E-state index < -0.39 is 6.67 Å². The van der Waals surface area contributed by atoms with E-state index in [4.69, 9.17) is 11.1 Å². The molecule has 0 atom stereocenters. The Morgan fingerprint density at radius 3 is 2.80 bits per heavy atom. The standard InChI is InChI=1S/C6H12FN3/c1-5(6(9)4-8)10-3-2-7/h4,8,10H,2-3,9H2,1H3/b6-5+,8-4?. The van der Waals surface area contributed by atoms with E-state index in [-0.39, 0.29) is 6.54 Å². The van der Waals surface area contributed by atoms with Crippen LogP contribution in [0.1, 0.15) is 6.92 Å². The molecule has 0 aromatic heterocycles. The summed E-state index contributed by atoms with van der Waals surface area (Å²) in [6, 6.07) is 0. The molecule has 0 unspecified atom stereocenters. The van der Waals surface area contributed by atoms with Crippen LogP contribution in [0.2, 0.25) is 0 Å². The second-order valence-corrected chi connectivity index (χ2v) is 1.84. The summed E-state index contributed by atoms with van der Waals surface area (Å²) in [7, 11) is 0. The van der Waals surface area contributed by atoms with Crippen LogP contribution in [-0.2, 0) is 0 Å². The molecule has 0 aliphatic rings. The van der Waals surface area contributed by atoms with Gasteiger partial charge in [-0.3, -0.25) is 0 Å². The van der Waals surface area contributed by atoms with Crippen molar-refractivity contribution < 1.29 is 4.39 Å². The molecule has 4 heteroatoms. The van der Waals surface area contributed by atoms with Gasteiger partial charge in [-0.25, -0.2) is 4.39 Å². The number of alkyl halides is 1. The number of halogens is 1. The predicted molar refractivity (Wildman–Crippen MR) is 39.6 cm³/mol. The average Bonchev–Trinajstić information content (AvgIpc) is 1.98. The van der Waals surface area contributed by atoms with Crippen molar-refractivity contribution in [1.82, 2.24) is 5.32 Å². The molecule has 0 aliphatic heterocycles. The summed E-state index contributed by atoms with van der Waals surface area (Å²) in [6.07, 6.45) is 1.03. The number of hydrogen-bond acceptors (Lipinski definition) is 3. The summed E-state index contributed by atoms with van der Waals surface area (Å²) in [5, 5.41) is 9.44. The van der Waals surface area contributed by atoms with Crippen LogP contribution in [0.15, 0.2) is 11.4 Å². The number of rotatable bonds is 4. The lowest BCUT2D eigenvalue weighted by molar-refractivity contribution is 0.482. The van der Waals surface area contributed by atoms with Crippen molar-refractivity contribution in [2.45, 2.75) is 6.92 Å². The molecule has 10 heavy (non-hydrogen) atoms. The zero-order valence-electron chi connectivity index (χ0n) is 5.95. The molecule has 0 bridgehead atoms. The summed E-state index contributed by atoms with van der Waals surface area (Å²) >= 11 is 0. The van der Waals surface area contributed by atoms with Gasteiger partial charge < -0.3 is 16.5 Å². The van der Waals surface area contributed by atoms with Crippen LogP contribution in [0, 0.1) is 5.41 Å². The Kier molecular flexibility index (Phi) is 4.28. The predicted octanol–water partition coefficient (Wildman–Crippen LogP) is 0.385. The van der Waals surface area contributed by atoms with Gasteiger partial charge in [-0.1, -0.05) is 0 Å². The Morgan fingerprint density at radius 1 is 1.80 bits per heavy atom. The first-order valence-electron chi connectivity index (χ1n) is 2.99. The fraction of sp³-hybridized carbons (Fsp3) is 0.500. The summed E-state index contributed by atoms with van der Waals surface area (Å²) < 4.78 is 11.5.